The predicted octanol–water partition coefficient (Wildman–Crippen LogP) is 2.58. The van der Waals surface area contributed by atoms with Gasteiger partial charge in [0.2, 0.25) is 0 Å². The SMILES string of the molecule is Cc1cc(NCC2CCCS2)cc(C(=O)O)c1N. The van der Waals surface area contributed by atoms with Gasteiger partial charge in [0.15, 0.2) is 0 Å². The van der Waals surface area contributed by atoms with Gasteiger partial charge in [0, 0.05) is 23.2 Å². The van der Waals surface area contributed by atoms with Gasteiger partial charge in [-0.2, -0.15) is 11.8 Å². The number of carbonyl (C=O) groups is 1. The van der Waals surface area contributed by atoms with Gasteiger partial charge in [-0.1, -0.05) is 0 Å². The molecule has 1 fully saturated rings. The van der Waals surface area contributed by atoms with E-state index in [9.17, 15) is 4.79 Å². The summed E-state index contributed by atoms with van der Waals surface area (Å²) in [5, 5.41) is 13.0. The lowest BCUT2D eigenvalue weighted by Crippen LogP contribution is -2.14. The molecule has 0 saturated carbocycles. The molecule has 1 aromatic carbocycles. The smallest absolute Gasteiger partial charge is 0.337 e. The summed E-state index contributed by atoms with van der Waals surface area (Å²) < 4.78 is 0. The normalized spacial score (nSPS) is 18.8. The first-order chi connectivity index (χ1) is 8.58. The average molecular weight is 266 g/mol. The minimum absolute atomic E-state index is 0.177. The number of thioether (sulfide) groups is 1. The lowest BCUT2D eigenvalue weighted by atomic mass is 10.1. The van der Waals surface area contributed by atoms with Crippen molar-refractivity contribution in [1.82, 2.24) is 0 Å². The van der Waals surface area contributed by atoms with Crippen molar-refractivity contribution in [2.45, 2.75) is 25.0 Å². The summed E-state index contributed by atoms with van der Waals surface area (Å²) in [6.07, 6.45) is 2.51. The summed E-state index contributed by atoms with van der Waals surface area (Å²) >= 11 is 1.98. The third kappa shape index (κ3) is 2.90. The van der Waals surface area contributed by atoms with Crippen LogP contribution in [0.25, 0.3) is 0 Å². The summed E-state index contributed by atoms with van der Waals surface area (Å²) in [6.45, 7) is 2.71. The van der Waals surface area contributed by atoms with Crippen molar-refractivity contribution in [1.29, 1.82) is 0 Å². The van der Waals surface area contributed by atoms with Crippen LogP contribution in [-0.2, 0) is 0 Å². The van der Waals surface area contributed by atoms with Gasteiger partial charge < -0.3 is 16.2 Å². The summed E-state index contributed by atoms with van der Waals surface area (Å²) in [7, 11) is 0. The molecule has 98 valence electrons. The maximum absolute atomic E-state index is 11.1. The molecule has 0 aliphatic carbocycles. The van der Waals surface area contributed by atoms with Crippen LogP contribution in [0.4, 0.5) is 11.4 Å². The zero-order chi connectivity index (χ0) is 13.1. The Bertz CT molecular complexity index is 457. The van der Waals surface area contributed by atoms with Gasteiger partial charge in [-0.05, 0) is 43.2 Å². The Morgan fingerprint density at radius 1 is 1.61 bits per heavy atom. The third-order valence-electron chi connectivity index (χ3n) is 3.18. The Balaban J connectivity index is 2.10. The molecule has 2 rings (SSSR count). The largest absolute Gasteiger partial charge is 0.478 e. The van der Waals surface area contributed by atoms with Crippen LogP contribution in [0.15, 0.2) is 12.1 Å². The van der Waals surface area contributed by atoms with Crippen molar-refractivity contribution in [3.8, 4) is 0 Å². The third-order valence-corrected chi connectivity index (χ3v) is 4.57. The number of aromatic carboxylic acids is 1. The standard InChI is InChI=1S/C13H18N2O2S/c1-8-5-9(6-11(12(8)14)13(16)17)15-7-10-3-2-4-18-10/h5-6,10,15H,2-4,7,14H2,1H3,(H,16,17). The van der Waals surface area contributed by atoms with E-state index in [0.29, 0.717) is 10.9 Å². The zero-order valence-corrected chi connectivity index (χ0v) is 11.2. The van der Waals surface area contributed by atoms with Crippen molar-refractivity contribution >= 4 is 29.1 Å². The number of carboxylic acids is 1. The first kappa shape index (κ1) is 13.1. The second kappa shape index (κ2) is 5.52. The van der Waals surface area contributed by atoms with Crippen LogP contribution >= 0.6 is 11.8 Å². The van der Waals surface area contributed by atoms with Crippen LogP contribution in [0.1, 0.15) is 28.8 Å². The monoisotopic (exact) mass is 266 g/mol. The molecule has 1 saturated heterocycles. The number of nitrogens with one attached hydrogen (secondary N) is 1. The van der Waals surface area contributed by atoms with Gasteiger partial charge in [-0.3, -0.25) is 0 Å². The Labute approximate surface area is 111 Å². The molecule has 1 aromatic rings. The highest BCUT2D eigenvalue weighted by molar-refractivity contribution is 8.00. The molecule has 1 aliphatic heterocycles. The molecule has 1 aliphatic rings. The van der Waals surface area contributed by atoms with E-state index in [1.165, 1.54) is 18.6 Å². The van der Waals surface area contributed by atoms with Gasteiger partial charge >= 0.3 is 5.97 Å². The second-order valence-corrected chi connectivity index (χ2v) is 5.98. The van der Waals surface area contributed by atoms with E-state index in [-0.39, 0.29) is 5.56 Å². The van der Waals surface area contributed by atoms with E-state index < -0.39 is 5.97 Å². The molecule has 1 atom stereocenters. The van der Waals surface area contributed by atoms with E-state index in [1.807, 2.05) is 24.8 Å². The molecular formula is C13H18N2O2S. The molecule has 1 heterocycles. The Hall–Kier alpha value is -1.36. The Morgan fingerprint density at radius 2 is 2.39 bits per heavy atom. The van der Waals surface area contributed by atoms with Crippen LogP contribution in [0, 0.1) is 6.92 Å². The summed E-state index contributed by atoms with van der Waals surface area (Å²) in [4.78, 5) is 11.1. The lowest BCUT2D eigenvalue weighted by Gasteiger charge is -2.14. The van der Waals surface area contributed by atoms with E-state index >= 15 is 0 Å². The lowest BCUT2D eigenvalue weighted by molar-refractivity contribution is 0.0698. The van der Waals surface area contributed by atoms with Crippen LogP contribution in [0.3, 0.4) is 0 Å². The molecule has 0 spiro atoms. The molecular weight excluding hydrogens is 248 g/mol. The molecule has 4 N–H and O–H groups in total. The van der Waals surface area contributed by atoms with Crippen molar-refractivity contribution in [2.24, 2.45) is 0 Å². The molecule has 4 nitrogen and oxygen atoms in total. The summed E-state index contributed by atoms with van der Waals surface area (Å²) in [6, 6.07) is 3.52. The fourth-order valence-corrected chi connectivity index (χ4v) is 3.32. The highest BCUT2D eigenvalue weighted by Gasteiger charge is 2.16. The minimum atomic E-state index is -0.977. The molecule has 18 heavy (non-hydrogen) atoms. The number of nitrogen functional groups attached to an aromatic ring is 1. The van der Waals surface area contributed by atoms with Gasteiger partial charge in [-0.15, -0.1) is 0 Å². The topological polar surface area (TPSA) is 75.3 Å². The van der Waals surface area contributed by atoms with Crippen LogP contribution < -0.4 is 11.1 Å². The van der Waals surface area contributed by atoms with Crippen molar-refractivity contribution in [3.63, 3.8) is 0 Å². The molecule has 0 radical (unpaired) electrons. The number of carboxylic acid groups (broad SMARTS) is 1. The zero-order valence-electron chi connectivity index (χ0n) is 10.4. The number of anilines is 2. The fraction of sp³-hybridized carbons (Fsp3) is 0.462. The highest BCUT2D eigenvalue weighted by Crippen LogP contribution is 2.27. The molecule has 0 bridgehead atoms. The minimum Gasteiger partial charge on any atom is -0.478 e. The first-order valence-corrected chi connectivity index (χ1v) is 7.11. The number of aryl methyl sites for hydroxylation is 1. The molecule has 0 aromatic heterocycles. The van der Waals surface area contributed by atoms with Gasteiger partial charge in [0.25, 0.3) is 0 Å². The number of hydrogen-bond acceptors (Lipinski definition) is 4. The van der Waals surface area contributed by atoms with Crippen LogP contribution in [0.2, 0.25) is 0 Å². The van der Waals surface area contributed by atoms with E-state index in [4.69, 9.17) is 10.8 Å². The quantitative estimate of drug-likeness (QED) is 0.730. The maximum Gasteiger partial charge on any atom is 0.337 e. The highest BCUT2D eigenvalue weighted by atomic mass is 32.2. The average Bonchev–Trinajstić information content (AvgIpc) is 2.83. The maximum atomic E-state index is 11.1. The number of nitrogens with two attached hydrogens (primary N) is 1. The van der Waals surface area contributed by atoms with E-state index in [2.05, 4.69) is 5.32 Å². The first-order valence-electron chi connectivity index (χ1n) is 6.07. The summed E-state index contributed by atoms with van der Waals surface area (Å²) in [5.74, 6) is 0.252. The van der Waals surface area contributed by atoms with Gasteiger partial charge in [0.05, 0.1) is 5.56 Å². The number of benzene rings is 1. The molecule has 0 amide bonds. The van der Waals surface area contributed by atoms with Crippen LogP contribution in [0.5, 0.6) is 0 Å². The van der Waals surface area contributed by atoms with Crippen molar-refractivity contribution in [2.75, 3.05) is 23.3 Å². The van der Waals surface area contributed by atoms with Gasteiger partial charge in [0.1, 0.15) is 0 Å². The number of rotatable bonds is 4. The number of hydrogen-bond donors (Lipinski definition) is 3. The Kier molecular flexibility index (Phi) is 4.01. The van der Waals surface area contributed by atoms with Crippen molar-refractivity contribution < 1.29 is 9.90 Å². The van der Waals surface area contributed by atoms with Gasteiger partial charge in [-0.25, -0.2) is 4.79 Å². The second-order valence-electron chi connectivity index (χ2n) is 4.58. The van der Waals surface area contributed by atoms with Crippen LogP contribution in [-0.4, -0.2) is 28.6 Å². The summed E-state index contributed by atoms with van der Waals surface area (Å²) in [5.41, 5.74) is 7.93. The predicted molar refractivity (Wildman–Crippen MR) is 76.5 cm³/mol. The fourth-order valence-electron chi connectivity index (χ4n) is 2.11. The molecule has 5 heteroatoms. The molecule has 1 unspecified atom stereocenters. The van der Waals surface area contributed by atoms with Crippen molar-refractivity contribution in [3.05, 3.63) is 23.3 Å². The van der Waals surface area contributed by atoms with E-state index in [1.54, 1.807) is 6.07 Å². The van der Waals surface area contributed by atoms with E-state index in [0.717, 1.165) is 17.8 Å². The Morgan fingerprint density at radius 3 is 3.00 bits per heavy atom.